The molecule has 22 heavy (non-hydrogen) atoms. The van der Waals surface area contributed by atoms with Crippen LogP contribution in [0.4, 0.5) is 11.8 Å². The van der Waals surface area contributed by atoms with Gasteiger partial charge < -0.3 is 20.1 Å². The summed E-state index contributed by atoms with van der Waals surface area (Å²) in [6.07, 6.45) is 4.07. The van der Waals surface area contributed by atoms with Crippen LogP contribution in [0.2, 0.25) is 0 Å². The van der Waals surface area contributed by atoms with Crippen LogP contribution in [-0.4, -0.2) is 78.6 Å². The molecule has 122 valence electrons. The number of ether oxygens (including phenoxy) is 1. The zero-order valence-corrected chi connectivity index (χ0v) is 12.9. The summed E-state index contributed by atoms with van der Waals surface area (Å²) in [6.45, 7) is 6.43. The molecule has 2 N–H and O–H groups in total. The predicted octanol–water partition coefficient (Wildman–Crippen LogP) is 0.182. The number of morpholine rings is 1. The average Bonchev–Trinajstić information content (AvgIpc) is 2.61. The number of aromatic nitrogens is 2. The molecule has 0 bridgehead atoms. The highest BCUT2D eigenvalue weighted by Gasteiger charge is 2.26. The molecule has 7 nitrogen and oxygen atoms in total. The maximum Gasteiger partial charge on any atom is 0.227 e. The van der Waals surface area contributed by atoms with Crippen molar-refractivity contribution in [2.75, 3.05) is 62.8 Å². The summed E-state index contributed by atoms with van der Waals surface area (Å²) in [6, 6.07) is 2.50. The van der Waals surface area contributed by atoms with Crippen molar-refractivity contribution >= 4 is 11.8 Å². The van der Waals surface area contributed by atoms with Gasteiger partial charge in [0.05, 0.1) is 19.8 Å². The molecule has 7 heteroatoms. The molecule has 0 amide bonds. The Morgan fingerprint density at radius 3 is 2.73 bits per heavy atom. The minimum atomic E-state index is 0.101. The molecule has 3 rings (SSSR count). The Kier molecular flexibility index (Phi) is 5.42. The number of aliphatic hydroxyl groups is 1. The van der Waals surface area contributed by atoms with Gasteiger partial charge in [-0.05, 0) is 18.9 Å². The van der Waals surface area contributed by atoms with E-state index in [4.69, 9.17) is 9.84 Å². The quantitative estimate of drug-likeness (QED) is 0.804. The lowest BCUT2D eigenvalue weighted by molar-refractivity contribution is 0.0114. The van der Waals surface area contributed by atoms with Crippen molar-refractivity contribution in [3.8, 4) is 0 Å². The number of nitrogens with zero attached hydrogens (tertiary/aromatic N) is 4. The highest BCUT2D eigenvalue weighted by molar-refractivity contribution is 5.41. The van der Waals surface area contributed by atoms with Crippen molar-refractivity contribution in [2.24, 2.45) is 0 Å². The van der Waals surface area contributed by atoms with Gasteiger partial charge in [0.1, 0.15) is 5.82 Å². The molecule has 2 fully saturated rings. The Balaban J connectivity index is 1.54. The topological polar surface area (TPSA) is 73.8 Å². The van der Waals surface area contributed by atoms with Crippen LogP contribution < -0.4 is 10.2 Å². The van der Waals surface area contributed by atoms with Crippen LogP contribution in [0.25, 0.3) is 0 Å². The SMILES string of the molecule is OCCNc1ccnc(N2CCC(N3CCOCC3)CC2)n1. The second kappa shape index (κ2) is 7.71. The summed E-state index contributed by atoms with van der Waals surface area (Å²) in [5, 5.41) is 12.0. The number of aliphatic hydroxyl groups excluding tert-OH is 1. The molecular weight excluding hydrogens is 282 g/mol. The Morgan fingerprint density at radius 2 is 2.00 bits per heavy atom. The molecule has 0 atom stereocenters. The van der Waals surface area contributed by atoms with Gasteiger partial charge in [0.2, 0.25) is 5.95 Å². The second-order valence-electron chi connectivity index (χ2n) is 5.76. The van der Waals surface area contributed by atoms with Gasteiger partial charge in [-0.15, -0.1) is 0 Å². The van der Waals surface area contributed by atoms with E-state index >= 15 is 0 Å². The van der Waals surface area contributed by atoms with Gasteiger partial charge in [-0.3, -0.25) is 4.90 Å². The van der Waals surface area contributed by atoms with Crippen LogP contribution in [0, 0.1) is 0 Å². The number of hydrogen-bond acceptors (Lipinski definition) is 7. The second-order valence-corrected chi connectivity index (χ2v) is 5.76. The molecular formula is C15H25N5O2. The number of rotatable bonds is 5. The number of nitrogens with one attached hydrogen (secondary N) is 1. The highest BCUT2D eigenvalue weighted by Crippen LogP contribution is 2.21. The van der Waals surface area contributed by atoms with E-state index in [1.165, 1.54) is 0 Å². The van der Waals surface area contributed by atoms with Crippen LogP contribution >= 0.6 is 0 Å². The monoisotopic (exact) mass is 307 g/mol. The zero-order valence-electron chi connectivity index (χ0n) is 12.9. The number of anilines is 2. The largest absolute Gasteiger partial charge is 0.395 e. The first-order valence-electron chi connectivity index (χ1n) is 8.11. The van der Waals surface area contributed by atoms with E-state index in [-0.39, 0.29) is 6.61 Å². The molecule has 0 unspecified atom stereocenters. The van der Waals surface area contributed by atoms with E-state index in [1.807, 2.05) is 6.07 Å². The number of hydrogen-bond donors (Lipinski definition) is 2. The Morgan fingerprint density at radius 1 is 1.23 bits per heavy atom. The Hall–Kier alpha value is -1.44. The zero-order chi connectivity index (χ0) is 15.2. The van der Waals surface area contributed by atoms with Crippen molar-refractivity contribution < 1.29 is 9.84 Å². The van der Waals surface area contributed by atoms with Gasteiger partial charge in [-0.25, -0.2) is 4.98 Å². The van der Waals surface area contributed by atoms with E-state index in [0.717, 1.165) is 64.0 Å². The Bertz CT molecular complexity index is 459. The lowest BCUT2D eigenvalue weighted by atomic mass is 10.0. The van der Waals surface area contributed by atoms with Gasteiger partial charge in [0.15, 0.2) is 0 Å². The molecule has 3 heterocycles. The van der Waals surface area contributed by atoms with Gasteiger partial charge in [0.25, 0.3) is 0 Å². The third kappa shape index (κ3) is 3.85. The molecule has 2 saturated heterocycles. The van der Waals surface area contributed by atoms with Crippen LogP contribution in [-0.2, 0) is 4.74 Å². The highest BCUT2D eigenvalue weighted by atomic mass is 16.5. The minimum Gasteiger partial charge on any atom is -0.395 e. The first kappa shape index (κ1) is 15.5. The van der Waals surface area contributed by atoms with Crippen molar-refractivity contribution in [1.82, 2.24) is 14.9 Å². The van der Waals surface area contributed by atoms with Crippen molar-refractivity contribution in [2.45, 2.75) is 18.9 Å². The Labute approximate surface area is 131 Å². The minimum absolute atomic E-state index is 0.101. The van der Waals surface area contributed by atoms with Crippen molar-refractivity contribution in [1.29, 1.82) is 0 Å². The summed E-state index contributed by atoms with van der Waals surface area (Å²) in [5.41, 5.74) is 0. The van der Waals surface area contributed by atoms with E-state index in [9.17, 15) is 0 Å². The third-order valence-electron chi connectivity index (χ3n) is 4.37. The predicted molar refractivity (Wildman–Crippen MR) is 85.2 cm³/mol. The summed E-state index contributed by atoms with van der Waals surface area (Å²) in [4.78, 5) is 13.7. The molecule has 0 saturated carbocycles. The molecule has 0 aromatic carbocycles. The van der Waals surface area contributed by atoms with Crippen LogP contribution in [0.3, 0.4) is 0 Å². The smallest absolute Gasteiger partial charge is 0.227 e. The van der Waals surface area contributed by atoms with Gasteiger partial charge in [-0.1, -0.05) is 0 Å². The third-order valence-corrected chi connectivity index (χ3v) is 4.37. The molecule has 0 aliphatic carbocycles. The van der Waals surface area contributed by atoms with E-state index < -0.39 is 0 Å². The summed E-state index contributed by atoms with van der Waals surface area (Å²) in [5.74, 6) is 1.55. The fourth-order valence-corrected chi connectivity index (χ4v) is 3.16. The lowest BCUT2D eigenvalue weighted by Gasteiger charge is -2.40. The van der Waals surface area contributed by atoms with Crippen LogP contribution in [0.1, 0.15) is 12.8 Å². The van der Waals surface area contributed by atoms with Gasteiger partial charge >= 0.3 is 0 Å². The van der Waals surface area contributed by atoms with Crippen LogP contribution in [0.15, 0.2) is 12.3 Å². The summed E-state index contributed by atoms with van der Waals surface area (Å²) < 4.78 is 5.43. The van der Waals surface area contributed by atoms with Gasteiger partial charge in [0, 0.05) is 45.0 Å². The normalized spacial score (nSPS) is 21.0. The first-order chi connectivity index (χ1) is 10.9. The molecule has 2 aliphatic rings. The van der Waals surface area contributed by atoms with E-state index in [2.05, 4.69) is 25.1 Å². The fourth-order valence-electron chi connectivity index (χ4n) is 3.16. The summed E-state index contributed by atoms with van der Waals surface area (Å²) in [7, 11) is 0. The van der Waals surface area contributed by atoms with Crippen molar-refractivity contribution in [3.05, 3.63) is 12.3 Å². The van der Waals surface area contributed by atoms with Gasteiger partial charge in [-0.2, -0.15) is 4.98 Å². The number of piperidine rings is 1. The summed E-state index contributed by atoms with van der Waals surface area (Å²) >= 11 is 0. The van der Waals surface area contributed by atoms with Crippen LogP contribution in [0.5, 0.6) is 0 Å². The molecule has 0 spiro atoms. The maximum absolute atomic E-state index is 8.87. The van der Waals surface area contributed by atoms with E-state index in [0.29, 0.717) is 12.6 Å². The van der Waals surface area contributed by atoms with E-state index in [1.54, 1.807) is 6.20 Å². The standard InChI is InChI=1S/C15H25N5O2/c21-10-5-16-14-1-4-17-15(18-14)20-6-2-13(3-7-20)19-8-11-22-12-9-19/h1,4,13,21H,2-3,5-12H2,(H,16,17,18). The van der Waals surface area contributed by atoms with Crippen molar-refractivity contribution in [3.63, 3.8) is 0 Å². The fraction of sp³-hybridized carbons (Fsp3) is 0.733. The molecule has 2 aliphatic heterocycles. The molecule has 0 radical (unpaired) electrons. The maximum atomic E-state index is 8.87. The molecule has 1 aromatic heterocycles. The lowest BCUT2D eigenvalue weighted by Crippen LogP contribution is -2.49. The average molecular weight is 307 g/mol. The molecule has 1 aromatic rings. The first-order valence-corrected chi connectivity index (χ1v) is 8.11.